The molecule has 296 valence electrons. The number of rotatable bonds is 8. The van der Waals surface area contributed by atoms with Crippen LogP contribution in [0.3, 0.4) is 0 Å². The molecule has 0 aliphatic heterocycles. The molecule has 7 aromatic carbocycles. The molecule has 3 aliphatic rings. The van der Waals surface area contributed by atoms with E-state index in [-0.39, 0.29) is 10.8 Å². The van der Waals surface area contributed by atoms with Gasteiger partial charge >= 0.3 is 0 Å². The van der Waals surface area contributed by atoms with Crippen LogP contribution in [-0.2, 0) is 10.8 Å². The van der Waals surface area contributed by atoms with Crippen LogP contribution in [-0.4, -0.2) is 0 Å². The number of hydrogen-bond donors (Lipinski definition) is 0. The van der Waals surface area contributed by atoms with Crippen LogP contribution < -0.4 is 4.90 Å². The highest BCUT2D eigenvalue weighted by atomic mass is 15.1. The van der Waals surface area contributed by atoms with Crippen molar-refractivity contribution in [2.24, 2.45) is 0 Å². The average molecular weight is 786 g/mol. The van der Waals surface area contributed by atoms with Crippen LogP contribution in [0.5, 0.6) is 0 Å². The second-order valence-corrected chi connectivity index (χ2v) is 17.8. The van der Waals surface area contributed by atoms with Crippen LogP contribution in [0.1, 0.15) is 74.4 Å². The molecule has 0 atom stereocenters. The van der Waals surface area contributed by atoms with Gasteiger partial charge in [0.05, 0.1) is 0 Å². The lowest BCUT2D eigenvalue weighted by Crippen LogP contribution is -2.19. The van der Waals surface area contributed by atoms with Gasteiger partial charge < -0.3 is 4.90 Å². The zero-order valence-electron chi connectivity index (χ0n) is 35.8. The van der Waals surface area contributed by atoms with Crippen molar-refractivity contribution in [2.75, 3.05) is 4.90 Å². The molecule has 0 spiro atoms. The third kappa shape index (κ3) is 6.39. The van der Waals surface area contributed by atoms with Gasteiger partial charge in [0.15, 0.2) is 0 Å². The van der Waals surface area contributed by atoms with Gasteiger partial charge in [-0.25, -0.2) is 0 Å². The molecule has 0 fully saturated rings. The Bertz CT molecular complexity index is 2970. The lowest BCUT2D eigenvalue weighted by Gasteiger charge is -2.30. The first-order chi connectivity index (χ1) is 29.6. The van der Waals surface area contributed by atoms with E-state index in [1.54, 1.807) is 0 Å². The van der Waals surface area contributed by atoms with E-state index in [9.17, 15) is 0 Å². The summed E-state index contributed by atoms with van der Waals surface area (Å²) in [6.45, 7) is 16.3. The fourth-order valence-electron chi connectivity index (χ4n) is 10.2. The summed E-state index contributed by atoms with van der Waals surface area (Å²) in [4.78, 5) is 2.39. The Labute approximate surface area is 362 Å². The summed E-state index contributed by atoms with van der Waals surface area (Å²) < 4.78 is 0. The maximum absolute atomic E-state index is 4.40. The van der Waals surface area contributed by atoms with Gasteiger partial charge in [0, 0.05) is 27.9 Å². The van der Waals surface area contributed by atoms with Crippen molar-refractivity contribution in [3.05, 3.63) is 240 Å². The van der Waals surface area contributed by atoms with Crippen LogP contribution >= 0.6 is 0 Å². The molecule has 0 heterocycles. The van der Waals surface area contributed by atoms with Gasteiger partial charge in [-0.3, -0.25) is 0 Å². The summed E-state index contributed by atoms with van der Waals surface area (Å²) in [6, 6.07) is 58.4. The lowest BCUT2D eigenvalue weighted by molar-refractivity contribution is 0.653. The Morgan fingerprint density at radius 1 is 0.508 bits per heavy atom. The molecule has 7 aromatic rings. The SMILES string of the molecule is C=C/C(=C(\C)c1ccccc1)N(c1ccc(-c2ccccc2)cc1)c1ccc2c(c1)C(C)(C)c1cc3c(cc1-2)C(C)(C)c1c(-c2ccccc2)cc(C2=CC=CC=CC2)cc1-3. The molecule has 0 aromatic heterocycles. The first kappa shape index (κ1) is 38.3. The molecule has 0 radical (unpaired) electrons. The second kappa shape index (κ2) is 14.9. The highest BCUT2D eigenvalue weighted by Gasteiger charge is 2.43. The fourth-order valence-corrected chi connectivity index (χ4v) is 10.2. The smallest absolute Gasteiger partial charge is 0.0490 e. The quantitative estimate of drug-likeness (QED) is 0.139. The number of nitrogens with zero attached hydrogens (tertiary/aromatic N) is 1. The van der Waals surface area contributed by atoms with Gasteiger partial charge in [0.2, 0.25) is 0 Å². The Morgan fingerprint density at radius 2 is 1.08 bits per heavy atom. The number of fused-ring (bicyclic) bond motifs is 6. The monoisotopic (exact) mass is 785 g/mol. The first-order valence-electron chi connectivity index (χ1n) is 21.6. The molecule has 1 nitrogen and oxygen atoms in total. The van der Waals surface area contributed by atoms with Gasteiger partial charge in [-0.15, -0.1) is 0 Å². The van der Waals surface area contributed by atoms with Crippen molar-refractivity contribution in [1.82, 2.24) is 0 Å². The minimum Gasteiger partial charge on any atom is -0.310 e. The predicted octanol–water partition coefficient (Wildman–Crippen LogP) is 16.3. The van der Waals surface area contributed by atoms with Crippen molar-refractivity contribution in [1.29, 1.82) is 0 Å². The predicted molar refractivity (Wildman–Crippen MR) is 261 cm³/mol. The Balaban J connectivity index is 1.12. The van der Waals surface area contributed by atoms with E-state index < -0.39 is 0 Å². The third-order valence-electron chi connectivity index (χ3n) is 13.5. The number of anilines is 2. The van der Waals surface area contributed by atoms with Gasteiger partial charge in [-0.1, -0.05) is 174 Å². The highest BCUT2D eigenvalue weighted by Crippen LogP contribution is 2.58. The maximum atomic E-state index is 4.40. The van der Waals surface area contributed by atoms with Crippen LogP contribution in [0, 0.1) is 0 Å². The third-order valence-corrected chi connectivity index (χ3v) is 13.5. The molecular weight excluding hydrogens is 735 g/mol. The molecule has 0 bridgehead atoms. The topological polar surface area (TPSA) is 3.24 Å². The van der Waals surface area contributed by atoms with E-state index in [2.05, 4.69) is 234 Å². The molecule has 3 aliphatic carbocycles. The van der Waals surface area contributed by atoms with Crippen molar-refractivity contribution in [2.45, 2.75) is 51.9 Å². The van der Waals surface area contributed by atoms with Gasteiger partial charge in [-0.2, -0.15) is 0 Å². The molecule has 0 saturated heterocycles. The molecule has 10 rings (SSSR count). The highest BCUT2D eigenvalue weighted by molar-refractivity contribution is 5.95. The number of hydrogen-bond acceptors (Lipinski definition) is 1. The molecule has 61 heavy (non-hydrogen) atoms. The molecular formula is C60H51N. The summed E-state index contributed by atoms with van der Waals surface area (Å²) >= 11 is 0. The van der Waals surface area contributed by atoms with Crippen LogP contribution in [0.25, 0.3) is 55.7 Å². The van der Waals surface area contributed by atoms with Crippen molar-refractivity contribution < 1.29 is 0 Å². The molecule has 0 N–H and O–H groups in total. The van der Waals surface area contributed by atoms with Gasteiger partial charge in [-0.05, 0) is 157 Å². The molecule has 0 unspecified atom stereocenters. The minimum absolute atomic E-state index is 0.199. The second-order valence-electron chi connectivity index (χ2n) is 17.8. The summed E-state index contributed by atoms with van der Waals surface area (Å²) in [6.07, 6.45) is 13.9. The van der Waals surface area contributed by atoms with E-state index in [0.29, 0.717) is 0 Å². The van der Waals surface area contributed by atoms with E-state index in [1.807, 2.05) is 6.08 Å². The van der Waals surface area contributed by atoms with E-state index in [1.165, 1.54) is 89.0 Å². The summed E-state index contributed by atoms with van der Waals surface area (Å²) in [5.74, 6) is 0. The lowest BCUT2D eigenvalue weighted by atomic mass is 9.77. The number of benzene rings is 7. The van der Waals surface area contributed by atoms with Crippen LogP contribution in [0.15, 0.2) is 206 Å². The molecule has 0 amide bonds. The normalized spacial score (nSPS) is 15.5. The Morgan fingerprint density at radius 3 is 1.77 bits per heavy atom. The van der Waals surface area contributed by atoms with Crippen molar-refractivity contribution in [3.63, 3.8) is 0 Å². The van der Waals surface area contributed by atoms with E-state index >= 15 is 0 Å². The van der Waals surface area contributed by atoms with E-state index in [4.69, 9.17) is 0 Å². The first-order valence-corrected chi connectivity index (χ1v) is 21.6. The van der Waals surface area contributed by atoms with Crippen LogP contribution in [0.2, 0.25) is 0 Å². The van der Waals surface area contributed by atoms with Gasteiger partial charge in [0.25, 0.3) is 0 Å². The van der Waals surface area contributed by atoms with Crippen LogP contribution in [0.4, 0.5) is 11.4 Å². The zero-order chi connectivity index (χ0) is 41.9. The van der Waals surface area contributed by atoms with Gasteiger partial charge in [0.1, 0.15) is 0 Å². The van der Waals surface area contributed by atoms with E-state index in [0.717, 1.165) is 23.5 Å². The largest absolute Gasteiger partial charge is 0.310 e. The summed E-state index contributed by atoms with van der Waals surface area (Å²) in [7, 11) is 0. The standard InChI is InChI=1S/C60H51N/c1-7-57(40(2)41-21-15-10-16-22-41)61(47-31-29-44(30-32-47)42-23-17-11-18-24-42)48-33-34-49-51-38-56-52(39-55(51)59(3,4)54(49)37-48)53-36-46(43-25-13-8-9-14-26-43)35-50(58(53)60(56,5)6)45-27-19-12-20-28-45/h7-25,27-39H,1,26H2,2-6H3/b57-40-. The average Bonchev–Trinajstić information content (AvgIpc) is 3.47. The molecule has 1 heteroatoms. The Hall–Kier alpha value is -6.96. The maximum Gasteiger partial charge on any atom is 0.0490 e. The van der Waals surface area contributed by atoms with Crippen molar-refractivity contribution in [3.8, 4) is 44.5 Å². The fraction of sp³-hybridized carbons (Fsp3) is 0.133. The minimum atomic E-state index is -0.239. The summed E-state index contributed by atoms with van der Waals surface area (Å²) in [5.41, 5.74) is 23.7. The van der Waals surface area contributed by atoms with Crippen molar-refractivity contribution >= 4 is 22.5 Å². The molecule has 0 saturated carbocycles. The summed E-state index contributed by atoms with van der Waals surface area (Å²) in [5, 5.41) is 0. The number of allylic oxidation sites excluding steroid dienone is 8. The Kier molecular flexibility index (Phi) is 9.37. The zero-order valence-corrected chi connectivity index (χ0v) is 35.8.